The molecule has 7 N–H and O–H groups in total. The Hall–Kier alpha value is -4.77. The molecule has 3 aliphatic carbocycles. The predicted octanol–water partition coefficient (Wildman–Crippen LogP) is 2.92. The average molecular weight is 610 g/mol. The van der Waals surface area contributed by atoms with E-state index in [1.807, 2.05) is 42.5 Å². The maximum absolute atomic E-state index is 14.0. The minimum Gasteiger partial charge on any atom is -0.508 e. The molecule has 45 heavy (non-hydrogen) atoms. The van der Waals surface area contributed by atoms with Crippen molar-refractivity contribution in [3.63, 3.8) is 0 Å². The number of phenolic OH excluding ortho intramolecular Hbond substituents is 1. The van der Waals surface area contributed by atoms with E-state index in [9.17, 15) is 34.8 Å². The second-order valence-corrected chi connectivity index (χ2v) is 12.2. The number of hydrogen-bond donors (Lipinski definition) is 6. The normalized spacial score (nSPS) is 24.4. The number of nitrogens with two attached hydrogens (primary N) is 1. The molecule has 232 valence electrons. The summed E-state index contributed by atoms with van der Waals surface area (Å²) in [6, 6.07) is 20.1. The van der Waals surface area contributed by atoms with Crippen LogP contribution < -0.4 is 11.1 Å². The van der Waals surface area contributed by atoms with Gasteiger partial charge >= 0.3 is 0 Å². The number of ketones is 2. The number of aliphatic hydroxyl groups is 3. The fraction of sp³-hybridized carbons (Fsp3) is 0.286. The van der Waals surface area contributed by atoms with E-state index in [2.05, 4.69) is 17.4 Å². The van der Waals surface area contributed by atoms with Crippen LogP contribution in [-0.2, 0) is 33.9 Å². The Morgan fingerprint density at radius 2 is 1.60 bits per heavy atom. The van der Waals surface area contributed by atoms with Crippen LogP contribution >= 0.6 is 0 Å². The highest BCUT2D eigenvalue weighted by Crippen LogP contribution is 2.53. The number of primary amides is 1. The van der Waals surface area contributed by atoms with Gasteiger partial charge in [-0.05, 0) is 66.7 Å². The monoisotopic (exact) mass is 609 g/mol. The molecule has 0 bridgehead atoms. The Bertz CT molecular complexity index is 1780. The number of likely N-dealkylation sites (N-methyl/N-ethyl adjacent to an activating group) is 1. The highest BCUT2D eigenvalue weighted by molar-refractivity contribution is 6.24. The predicted molar refractivity (Wildman–Crippen MR) is 167 cm³/mol. The Morgan fingerprint density at radius 1 is 0.956 bits per heavy atom. The number of nitrogens with zero attached hydrogens (tertiary/aromatic N) is 1. The number of hydrogen-bond acceptors (Lipinski definition) is 9. The van der Waals surface area contributed by atoms with Crippen molar-refractivity contribution in [1.82, 2.24) is 10.2 Å². The van der Waals surface area contributed by atoms with Crippen molar-refractivity contribution in [3.05, 3.63) is 106 Å². The zero-order valence-electron chi connectivity index (χ0n) is 24.9. The first kappa shape index (κ1) is 30.3. The van der Waals surface area contributed by atoms with Crippen LogP contribution in [-0.4, -0.2) is 68.5 Å². The minimum absolute atomic E-state index is 0.0346. The number of benzene rings is 3. The third kappa shape index (κ3) is 4.82. The van der Waals surface area contributed by atoms with Gasteiger partial charge in [-0.25, -0.2) is 0 Å². The number of nitrogens with one attached hydrogen (secondary N) is 1. The van der Waals surface area contributed by atoms with Crippen molar-refractivity contribution in [2.45, 2.75) is 37.6 Å². The first-order valence-corrected chi connectivity index (χ1v) is 14.8. The minimum atomic E-state index is -2.66. The summed E-state index contributed by atoms with van der Waals surface area (Å²) in [6.07, 6.45) is 0.255. The quantitative estimate of drug-likeness (QED) is 0.220. The van der Waals surface area contributed by atoms with Crippen molar-refractivity contribution in [1.29, 1.82) is 0 Å². The maximum Gasteiger partial charge on any atom is 0.255 e. The summed E-state index contributed by atoms with van der Waals surface area (Å²) in [5, 5.41) is 48.6. The lowest BCUT2D eigenvalue weighted by molar-refractivity contribution is -0.153. The van der Waals surface area contributed by atoms with Crippen molar-refractivity contribution in [2.24, 2.45) is 17.6 Å². The fourth-order valence-corrected chi connectivity index (χ4v) is 7.26. The third-order valence-corrected chi connectivity index (χ3v) is 9.37. The summed E-state index contributed by atoms with van der Waals surface area (Å²) >= 11 is 0. The zero-order chi connectivity index (χ0) is 32.2. The summed E-state index contributed by atoms with van der Waals surface area (Å²) in [5.41, 5.74) is 6.27. The molecule has 0 radical (unpaired) electrons. The second kappa shape index (κ2) is 11.3. The lowest BCUT2D eigenvalue weighted by atomic mass is 9.57. The summed E-state index contributed by atoms with van der Waals surface area (Å²) < 4.78 is 0. The molecule has 10 heteroatoms. The van der Waals surface area contributed by atoms with Gasteiger partial charge in [0.2, 0.25) is 5.78 Å². The highest BCUT2D eigenvalue weighted by atomic mass is 16.3. The molecule has 0 saturated heterocycles. The van der Waals surface area contributed by atoms with Gasteiger partial charge in [0, 0.05) is 24.6 Å². The van der Waals surface area contributed by atoms with Gasteiger partial charge in [0.05, 0.1) is 11.6 Å². The fourth-order valence-electron chi connectivity index (χ4n) is 7.26. The number of carbonyl (C=O) groups is 3. The van der Waals surface area contributed by atoms with Crippen LogP contribution in [0.15, 0.2) is 83.6 Å². The van der Waals surface area contributed by atoms with Crippen molar-refractivity contribution in [3.8, 4) is 16.9 Å². The largest absolute Gasteiger partial charge is 0.508 e. The van der Waals surface area contributed by atoms with Crippen LogP contribution in [0.2, 0.25) is 0 Å². The third-order valence-electron chi connectivity index (χ3n) is 9.37. The number of aromatic hydroxyl groups is 1. The number of aliphatic hydroxyl groups excluding tert-OH is 2. The standard InChI is InChI=1S/C35H35N3O7/c1-38(2)29-24-15-21-14-23-22(20-10-8-19(9-11-20)17-37-16-18-6-4-3-5-7-18)12-13-25(39)27(23)30(40)26(21)32(42)35(24,45)33(43)28(31(29)41)34(36)44/h3-13,21,24,29,37,39-40,43,45H,14-17H2,1-2H3,(H2,36,44)/t21-,24+,29-,35-/m0/s1. The Kier molecular flexibility index (Phi) is 7.60. The van der Waals surface area contributed by atoms with Gasteiger partial charge < -0.3 is 31.5 Å². The van der Waals surface area contributed by atoms with Crippen LogP contribution in [0, 0.1) is 11.8 Å². The van der Waals surface area contributed by atoms with Crippen LogP contribution in [0.5, 0.6) is 5.75 Å². The van der Waals surface area contributed by atoms with Crippen molar-refractivity contribution < 1.29 is 34.8 Å². The molecule has 0 heterocycles. The van der Waals surface area contributed by atoms with Gasteiger partial charge in [-0.15, -0.1) is 0 Å². The maximum atomic E-state index is 14.0. The molecule has 4 atom stereocenters. The lowest BCUT2D eigenvalue weighted by Crippen LogP contribution is -2.65. The topological polar surface area (TPSA) is 173 Å². The van der Waals surface area contributed by atoms with Gasteiger partial charge in [-0.1, -0.05) is 60.7 Å². The molecule has 0 unspecified atom stereocenters. The number of phenols is 1. The number of amides is 1. The van der Waals surface area contributed by atoms with E-state index < -0.39 is 58.0 Å². The van der Waals surface area contributed by atoms with Gasteiger partial charge in [-0.3, -0.25) is 19.3 Å². The first-order valence-electron chi connectivity index (χ1n) is 14.8. The number of carbonyl (C=O) groups excluding carboxylic acids is 3. The van der Waals surface area contributed by atoms with E-state index in [1.54, 1.807) is 20.2 Å². The molecule has 1 fully saturated rings. The molecule has 3 aromatic carbocycles. The van der Waals surface area contributed by atoms with E-state index in [1.165, 1.54) is 16.5 Å². The van der Waals surface area contributed by atoms with E-state index in [0.29, 0.717) is 12.1 Å². The highest BCUT2D eigenvalue weighted by Gasteiger charge is 2.64. The molecule has 1 amide bonds. The molecule has 0 aliphatic heterocycles. The van der Waals surface area contributed by atoms with E-state index in [-0.39, 0.29) is 29.7 Å². The van der Waals surface area contributed by atoms with Gasteiger partial charge in [0.1, 0.15) is 22.8 Å². The SMILES string of the molecule is CN(C)[C@@H]1C(=O)C(C(N)=O)=C(O)[C@@]2(O)C(=O)C3=C(O)c4c(O)ccc(-c5ccc(CNCc6ccccc6)cc5)c4C[C@H]3C[C@H]12. The molecule has 6 rings (SSSR count). The van der Waals surface area contributed by atoms with Gasteiger partial charge in [0.25, 0.3) is 5.91 Å². The second-order valence-electron chi connectivity index (χ2n) is 12.2. The summed E-state index contributed by atoms with van der Waals surface area (Å²) in [5.74, 6) is -6.70. The van der Waals surface area contributed by atoms with Crippen molar-refractivity contribution in [2.75, 3.05) is 14.1 Å². The van der Waals surface area contributed by atoms with E-state index in [4.69, 9.17) is 5.73 Å². The van der Waals surface area contributed by atoms with E-state index in [0.717, 1.165) is 23.2 Å². The van der Waals surface area contributed by atoms with Crippen LogP contribution in [0.25, 0.3) is 16.9 Å². The molecule has 10 nitrogen and oxygen atoms in total. The number of rotatable bonds is 7. The molecule has 1 saturated carbocycles. The molecule has 0 aromatic heterocycles. The van der Waals surface area contributed by atoms with Crippen LogP contribution in [0.1, 0.15) is 28.7 Å². The number of Topliss-reactive ketones (excluding diaryl/α,β-unsaturated/α-hetero) is 2. The molecule has 3 aliphatic rings. The zero-order valence-corrected chi connectivity index (χ0v) is 24.9. The Morgan fingerprint density at radius 3 is 2.22 bits per heavy atom. The summed E-state index contributed by atoms with van der Waals surface area (Å²) in [7, 11) is 3.15. The number of fused-ring (bicyclic) bond motifs is 3. The van der Waals surface area contributed by atoms with Gasteiger partial charge in [0.15, 0.2) is 11.4 Å². The van der Waals surface area contributed by atoms with Crippen LogP contribution in [0.3, 0.4) is 0 Å². The molecule has 0 spiro atoms. The van der Waals surface area contributed by atoms with Crippen molar-refractivity contribution >= 4 is 23.2 Å². The summed E-state index contributed by atoms with van der Waals surface area (Å²) in [6.45, 7) is 1.39. The van der Waals surface area contributed by atoms with Crippen LogP contribution in [0.4, 0.5) is 0 Å². The van der Waals surface area contributed by atoms with E-state index >= 15 is 0 Å². The first-order chi connectivity index (χ1) is 21.4. The molecular formula is C35H35N3O7. The average Bonchev–Trinajstić information content (AvgIpc) is 3.00. The summed E-state index contributed by atoms with van der Waals surface area (Å²) in [4.78, 5) is 41.0. The molecule has 3 aromatic rings. The Balaban J connectivity index is 1.37. The smallest absolute Gasteiger partial charge is 0.255 e. The molecular weight excluding hydrogens is 574 g/mol. The lowest BCUT2D eigenvalue weighted by Gasteiger charge is -2.50. The Labute approximate surface area is 260 Å². The van der Waals surface area contributed by atoms with Gasteiger partial charge in [-0.2, -0.15) is 0 Å².